The number of nitrogens with zero attached hydrogens (tertiary/aromatic N) is 1. The predicted molar refractivity (Wildman–Crippen MR) is 122 cm³/mol. The molecule has 3 nitrogen and oxygen atoms in total. The highest BCUT2D eigenvalue weighted by atomic mass is 16.5. The first-order valence-corrected chi connectivity index (χ1v) is 10.1. The Morgan fingerprint density at radius 1 is 0.897 bits per heavy atom. The summed E-state index contributed by atoms with van der Waals surface area (Å²) in [5, 5.41) is 0. The Bertz CT molecular complexity index is 848. The zero-order valence-electron chi connectivity index (χ0n) is 17.3. The second-order valence-electron chi connectivity index (χ2n) is 7.08. The fraction of sp³-hybridized carbons (Fsp3) is 0.231. The standard InChI is InChI=1S/C26H30N2O/c1-21(22-13-15-25(29-2)16-14-22)28(20-18-27)19-17-26(23-9-5-3-6-10-23)24-11-7-4-8-12-24/h3-17,21H,18-20,27H2,1-2H3/t21-/m1/s1. The normalized spacial score (nSPS) is 11.9. The molecule has 0 aliphatic rings. The van der Waals surface area contributed by atoms with Crippen molar-refractivity contribution in [1.29, 1.82) is 0 Å². The van der Waals surface area contributed by atoms with Crippen molar-refractivity contribution in [1.82, 2.24) is 4.90 Å². The molecule has 0 saturated heterocycles. The first kappa shape index (κ1) is 20.8. The lowest BCUT2D eigenvalue weighted by atomic mass is 9.97. The summed E-state index contributed by atoms with van der Waals surface area (Å²) in [5.74, 6) is 0.877. The van der Waals surface area contributed by atoms with Crippen LogP contribution in [0.1, 0.15) is 29.7 Å². The van der Waals surface area contributed by atoms with Gasteiger partial charge in [-0.1, -0.05) is 78.9 Å². The minimum atomic E-state index is 0.258. The summed E-state index contributed by atoms with van der Waals surface area (Å²) in [5.41, 5.74) is 10.9. The first-order valence-electron chi connectivity index (χ1n) is 10.1. The van der Waals surface area contributed by atoms with Gasteiger partial charge in [0.15, 0.2) is 0 Å². The highest BCUT2D eigenvalue weighted by molar-refractivity contribution is 5.79. The number of rotatable bonds is 9. The maximum Gasteiger partial charge on any atom is 0.118 e. The van der Waals surface area contributed by atoms with Gasteiger partial charge >= 0.3 is 0 Å². The average Bonchev–Trinajstić information content (AvgIpc) is 2.79. The molecular formula is C26H30N2O. The van der Waals surface area contributed by atoms with Crippen molar-refractivity contribution in [3.8, 4) is 5.75 Å². The van der Waals surface area contributed by atoms with Crippen molar-refractivity contribution in [3.05, 3.63) is 108 Å². The van der Waals surface area contributed by atoms with E-state index in [-0.39, 0.29) is 6.04 Å². The van der Waals surface area contributed by atoms with E-state index in [9.17, 15) is 0 Å². The van der Waals surface area contributed by atoms with Gasteiger partial charge in [0.05, 0.1) is 7.11 Å². The number of methoxy groups -OCH3 is 1. The van der Waals surface area contributed by atoms with Crippen molar-refractivity contribution >= 4 is 5.57 Å². The zero-order valence-corrected chi connectivity index (χ0v) is 17.3. The van der Waals surface area contributed by atoms with Crippen molar-refractivity contribution in [3.63, 3.8) is 0 Å². The summed E-state index contributed by atoms with van der Waals surface area (Å²) >= 11 is 0. The molecule has 0 radical (unpaired) electrons. The first-order chi connectivity index (χ1) is 14.2. The van der Waals surface area contributed by atoms with Gasteiger partial charge in [-0.15, -0.1) is 0 Å². The van der Waals surface area contributed by atoms with Crippen LogP contribution in [0.4, 0.5) is 0 Å². The summed E-state index contributed by atoms with van der Waals surface area (Å²) < 4.78 is 5.29. The fourth-order valence-electron chi connectivity index (χ4n) is 3.55. The smallest absolute Gasteiger partial charge is 0.118 e. The van der Waals surface area contributed by atoms with Gasteiger partial charge in [-0.25, -0.2) is 0 Å². The van der Waals surface area contributed by atoms with E-state index in [1.54, 1.807) is 7.11 Å². The van der Waals surface area contributed by atoms with Gasteiger partial charge in [-0.05, 0) is 41.3 Å². The van der Waals surface area contributed by atoms with E-state index in [2.05, 4.69) is 90.7 Å². The predicted octanol–water partition coefficient (Wildman–Crippen LogP) is 5.15. The molecule has 0 amide bonds. The lowest BCUT2D eigenvalue weighted by molar-refractivity contribution is 0.241. The van der Waals surface area contributed by atoms with E-state index in [4.69, 9.17) is 10.5 Å². The van der Waals surface area contributed by atoms with E-state index < -0.39 is 0 Å². The molecule has 2 N–H and O–H groups in total. The Balaban J connectivity index is 1.87. The van der Waals surface area contributed by atoms with Gasteiger partial charge in [0, 0.05) is 25.7 Å². The van der Waals surface area contributed by atoms with Crippen LogP contribution in [0.15, 0.2) is 91.0 Å². The molecule has 0 bridgehead atoms. The molecule has 0 unspecified atom stereocenters. The van der Waals surface area contributed by atoms with Crippen LogP contribution >= 0.6 is 0 Å². The summed E-state index contributed by atoms with van der Waals surface area (Å²) in [4.78, 5) is 2.41. The molecule has 0 heterocycles. The van der Waals surface area contributed by atoms with Crippen LogP contribution in [0.2, 0.25) is 0 Å². The number of ether oxygens (including phenoxy) is 1. The minimum absolute atomic E-state index is 0.258. The summed E-state index contributed by atoms with van der Waals surface area (Å²) in [6.07, 6.45) is 2.32. The largest absolute Gasteiger partial charge is 0.497 e. The number of benzene rings is 3. The Morgan fingerprint density at radius 2 is 1.45 bits per heavy atom. The quantitative estimate of drug-likeness (QED) is 0.553. The van der Waals surface area contributed by atoms with Gasteiger partial charge < -0.3 is 10.5 Å². The van der Waals surface area contributed by atoms with Crippen molar-refractivity contribution in [2.75, 3.05) is 26.7 Å². The molecule has 0 aliphatic carbocycles. The molecule has 0 aliphatic heterocycles. The van der Waals surface area contributed by atoms with E-state index >= 15 is 0 Å². The maximum absolute atomic E-state index is 5.94. The lowest BCUT2D eigenvalue weighted by Gasteiger charge is -2.28. The van der Waals surface area contributed by atoms with Gasteiger partial charge in [-0.2, -0.15) is 0 Å². The third-order valence-corrected chi connectivity index (χ3v) is 5.26. The highest BCUT2D eigenvalue weighted by Gasteiger charge is 2.15. The average molecular weight is 387 g/mol. The number of hydrogen-bond acceptors (Lipinski definition) is 3. The molecule has 1 atom stereocenters. The van der Waals surface area contributed by atoms with Gasteiger partial charge in [-0.3, -0.25) is 4.90 Å². The molecule has 3 aromatic rings. The summed E-state index contributed by atoms with van der Waals surface area (Å²) in [6.45, 7) is 4.51. The molecule has 3 rings (SSSR count). The van der Waals surface area contributed by atoms with E-state index in [0.29, 0.717) is 6.54 Å². The molecule has 150 valence electrons. The molecule has 0 saturated carbocycles. The Kier molecular flexibility index (Phi) is 7.62. The zero-order chi connectivity index (χ0) is 20.5. The monoisotopic (exact) mass is 386 g/mol. The second-order valence-corrected chi connectivity index (χ2v) is 7.08. The van der Waals surface area contributed by atoms with E-state index in [1.807, 2.05) is 12.1 Å². The lowest BCUT2D eigenvalue weighted by Crippen LogP contribution is -2.32. The van der Waals surface area contributed by atoms with Crippen LogP contribution < -0.4 is 10.5 Å². The molecule has 3 aromatic carbocycles. The van der Waals surface area contributed by atoms with Crippen molar-refractivity contribution in [2.45, 2.75) is 13.0 Å². The van der Waals surface area contributed by atoms with E-state index in [1.165, 1.54) is 22.3 Å². The topological polar surface area (TPSA) is 38.5 Å². The van der Waals surface area contributed by atoms with Crippen LogP contribution in [0.5, 0.6) is 5.75 Å². The van der Waals surface area contributed by atoms with Gasteiger partial charge in [0.2, 0.25) is 0 Å². The van der Waals surface area contributed by atoms with Crippen molar-refractivity contribution in [2.24, 2.45) is 5.73 Å². The third kappa shape index (κ3) is 5.57. The second kappa shape index (κ2) is 10.6. The molecular weight excluding hydrogens is 356 g/mol. The molecule has 29 heavy (non-hydrogen) atoms. The number of nitrogens with two attached hydrogens (primary N) is 1. The summed E-state index contributed by atoms with van der Waals surface area (Å²) in [6, 6.07) is 29.7. The minimum Gasteiger partial charge on any atom is -0.497 e. The van der Waals surface area contributed by atoms with Gasteiger partial charge in [0.1, 0.15) is 5.75 Å². The molecule has 0 fully saturated rings. The Hall–Kier alpha value is -2.88. The molecule has 0 aromatic heterocycles. The van der Waals surface area contributed by atoms with Crippen LogP contribution in [-0.4, -0.2) is 31.6 Å². The van der Waals surface area contributed by atoms with E-state index in [0.717, 1.165) is 18.8 Å². The maximum atomic E-state index is 5.94. The third-order valence-electron chi connectivity index (χ3n) is 5.26. The Morgan fingerprint density at radius 3 is 1.93 bits per heavy atom. The van der Waals surface area contributed by atoms with Crippen LogP contribution in [0.3, 0.4) is 0 Å². The van der Waals surface area contributed by atoms with Crippen LogP contribution in [-0.2, 0) is 0 Å². The SMILES string of the molecule is COc1ccc([C@@H](C)N(CC=C(c2ccccc2)c2ccccc2)CCN)cc1. The summed E-state index contributed by atoms with van der Waals surface area (Å²) in [7, 11) is 1.69. The van der Waals surface area contributed by atoms with Crippen LogP contribution in [0.25, 0.3) is 5.57 Å². The fourth-order valence-corrected chi connectivity index (χ4v) is 3.55. The number of hydrogen-bond donors (Lipinski definition) is 1. The molecule has 0 spiro atoms. The van der Waals surface area contributed by atoms with Crippen LogP contribution in [0, 0.1) is 0 Å². The highest BCUT2D eigenvalue weighted by Crippen LogP contribution is 2.26. The van der Waals surface area contributed by atoms with Gasteiger partial charge in [0.25, 0.3) is 0 Å². The molecule has 3 heteroatoms. The van der Waals surface area contributed by atoms with Crippen molar-refractivity contribution < 1.29 is 4.74 Å². The Labute approximate surface area is 174 Å².